The van der Waals surface area contributed by atoms with Crippen LogP contribution in [0.4, 0.5) is 23.1 Å². The summed E-state index contributed by atoms with van der Waals surface area (Å²) < 4.78 is 0. The first-order chi connectivity index (χ1) is 15.7. The molecule has 3 rings (SSSR count). The number of aromatic nitrogens is 2. The Morgan fingerprint density at radius 3 is 2.49 bits per heavy atom. The SMILES string of the molecule is CN1c2c(nc(N)[nH]c2=O)NC[C@@H]1C[N-]c1ccc(C(=O)[N-]C(CCC(=O)[O-])C(=O)[O-])cc1.[Ca+2].[Ca+2]. The van der Waals surface area contributed by atoms with Crippen molar-refractivity contribution in [1.82, 2.24) is 9.97 Å². The quantitative estimate of drug-likeness (QED) is 0.292. The van der Waals surface area contributed by atoms with Gasteiger partial charge in [-0.05, 0) is 12.0 Å². The summed E-state index contributed by atoms with van der Waals surface area (Å²) in [5.74, 6) is -3.47. The second-order valence-corrected chi connectivity index (χ2v) is 7.36. The number of carboxylic acid groups (broad SMARTS) is 2. The number of fused-ring (bicyclic) bond motifs is 1. The van der Waals surface area contributed by atoms with Gasteiger partial charge in [0.25, 0.3) is 5.56 Å². The fourth-order valence-corrected chi connectivity index (χ4v) is 3.28. The van der Waals surface area contributed by atoms with Gasteiger partial charge < -0.3 is 51.2 Å². The molecule has 1 unspecified atom stereocenters. The average molecular weight is 536 g/mol. The molecule has 0 saturated carbocycles. The zero-order valence-electron chi connectivity index (χ0n) is 19.0. The summed E-state index contributed by atoms with van der Waals surface area (Å²) in [6.07, 6.45) is -0.960. The van der Waals surface area contributed by atoms with Crippen LogP contribution in [0.3, 0.4) is 0 Å². The Hall–Kier alpha value is -1.77. The number of amides is 1. The molecule has 35 heavy (non-hydrogen) atoms. The van der Waals surface area contributed by atoms with Gasteiger partial charge in [0.1, 0.15) is 5.69 Å². The monoisotopic (exact) mass is 535 g/mol. The van der Waals surface area contributed by atoms with E-state index in [1.807, 2.05) is 0 Å². The molecule has 0 aliphatic carbocycles. The zero-order valence-corrected chi connectivity index (χ0v) is 23.4. The van der Waals surface area contributed by atoms with Crippen LogP contribution in [0, 0.1) is 0 Å². The zero-order chi connectivity index (χ0) is 24.1. The van der Waals surface area contributed by atoms with Crippen molar-refractivity contribution < 1.29 is 24.6 Å². The number of carboxylic acids is 2. The number of nitrogen functional groups attached to an aromatic ring is 1. The van der Waals surface area contributed by atoms with Gasteiger partial charge in [0.15, 0.2) is 5.82 Å². The minimum absolute atomic E-state index is 0. The number of hydrogen-bond acceptors (Lipinski definition) is 10. The van der Waals surface area contributed by atoms with Gasteiger partial charge in [-0.3, -0.25) is 9.78 Å². The van der Waals surface area contributed by atoms with E-state index >= 15 is 0 Å². The normalized spacial score (nSPS) is 14.8. The van der Waals surface area contributed by atoms with Crippen molar-refractivity contribution in [2.24, 2.45) is 0 Å². The molecule has 1 aliphatic heterocycles. The van der Waals surface area contributed by atoms with Crippen molar-refractivity contribution in [2.75, 3.05) is 36.1 Å². The predicted molar refractivity (Wildman–Crippen MR) is 127 cm³/mol. The molecule has 176 valence electrons. The molecule has 2 atom stereocenters. The number of nitrogens with one attached hydrogen (secondary N) is 2. The molecule has 4 N–H and O–H groups in total. The largest absolute Gasteiger partial charge is 2.00 e. The van der Waals surface area contributed by atoms with Crippen molar-refractivity contribution >= 4 is 116 Å². The number of H-pyrrole nitrogens is 1. The standard InChI is InChI=1S/C20H25N7O6.2Ca/c1-27-12(9-23-16-15(27)18(31)26-20(21)25-16)8-22-11-4-2-10(3-5-11)17(30)24-13(19(32)33)6-7-14(28)29;;/h2-5,12-13H,6-9H2,1H3,(H8,21,22,23,24,25,26,28,29,30,31,32,33);;/q;2*+2/p-4/t12-,13?;;/m0../s1. The Labute approximate surface area is 260 Å². The molecule has 1 amide bonds. The predicted octanol–water partition coefficient (Wildman–Crippen LogP) is -2.31. The van der Waals surface area contributed by atoms with Gasteiger partial charge in [-0.25, -0.2) is 0 Å². The molecule has 13 nitrogen and oxygen atoms in total. The number of rotatable bonds is 9. The number of likely N-dealkylation sites (N-methyl/N-ethyl adjacent to an activating group) is 1. The molecule has 0 radical (unpaired) electrons. The fourth-order valence-electron chi connectivity index (χ4n) is 3.28. The average Bonchev–Trinajstić information content (AvgIpc) is 2.75. The minimum atomic E-state index is -1.64. The van der Waals surface area contributed by atoms with Crippen molar-refractivity contribution in [3.05, 3.63) is 50.8 Å². The van der Waals surface area contributed by atoms with Crippen LogP contribution in [0.2, 0.25) is 0 Å². The molecule has 0 saturated heterocycles. The van der Waals surface area contributed by atoms with Crippen LogP contribution >= 0.6 is 0 Å². The van der Waals surface area contributed by atoms with Crippen molar-refractivity contribution in [2.45, 2.75) is 24.9 Å². The first-order valence-electron chi connectivity index (χ1n) is 9.95. The molecule has 15 heteroatoms. The number of nitrogens with two attached hydrogens (primary N) is 1. The summed E-state index contributed by atoms with van der Waals surface area (Å²) in [4.78, 5) is 54.3. The third-order valence-electron chi connectivity index (χ3n) is 5.08. The maximum atomic E-state index is 12.2. The number of aromatic amines is 1. The summed E-state index contributed by atoms with van der Waals surface area (Å²) in [5, 5.41) is 32.7. The van der Waals surface area contributed by atoms with E-state index in [4.69, 9.17) is 5.73 Å². The van der Waals surface area contributed by atoms with E-state index in [0.29, 0.717) is 30.3 Å². The first kappa shape index (κ1) is 31.3. The van der Waals surface area contributed by atoms with Crippen LogP contribution in [0.25, 0.3) is 10.6 Å². The smallest absolute Gasteiger partial charge is 0.683 e. The van der Waals surface area contributed by atoms with Crippen molar-refractivity contribution in [3.8, 4) is 0 Å². The second-order valence-electron chi connectivity index (χ2n) is 7.36. The van der Waals surface area contributed by atoms with Gasteiger partial charge in [-0.15, -0.1) is 12.2 Å². The van der Waals surface area contributed by atoms with E-state index in [2.05, 4.69) is 25.9 Å². The van der Waals surface area contributed by atoms with E-state index in [0.717, 1.165) is 0 Å². The van der Waals surface area contributed by atoms with Crippen molar-refractivity contribution in [1.29, 1.82) is 0 Å². The molecule has 1 aromatic heterocycles. The maximum Gasteiger partial charge on any atom is 2.00 e. The Kier molecular flexibility index (Phi) is 12.6. The van der Waals surface area contributed by atoms with Gasteiger partial charge in [0.2, 0.25) is 5.95 Å². The van der Waals surface area contributed by atoms with Crippen LogP contribution in [0.15, 0.2) is 29.1 Å². The number of hydrogen-bond donors (Lipinski definition) is 3. The molecule has 0 fully saturated rings. The Balaban J connectivity index is 0.00000306. The van der Waals surface area contributed by atoms with Crippen molar-refractivity contribution in [3.63, 3.8) is 0 Å². The van der Waals surface area contributed by atoms with Gasteiger partial charge in [-0.2, -0.15) is 4.98 Å². The molecule has 1 aromatic carbocycles. The second kappa shape index (κ2) is 14.1. The van der Waals surface area contributed by atoms with Gasteiger partial charge in [0, 0.05) is 31.6 Å². The Bertz CT molecular complexity index is 1110. The Morgan fingerprint density at radius 1 is 1.23 bits per heavy atom. The molecular formula is C20H21Ca2N7O6. The van der Waals surface area contributed by atoms with Crippen LogP contribution in [0.1, 0.15) is 23.2 Å². The molecule has 2 aromatic rings. The van der Waals surface area contributed by atoms with E-state index in [-0.39, 0.29) is 98.6 Å². The van der Waals surface area contributed by atoms with E-state index in [9.17, 15) is 29.4 Å². The summed E-state index contributed by atoms with van der Waals surface area (Å²) >= 11 is 0. The van der Waals surface area contributed by atoms with E-state index < -0.39 is 36.7 Å². The van der Waals surface area contributed by atoms with Crippen LogP contribution < -0.4 is 31.7 Å². The third kappa shape index (κ3) is 8.40. The van der Waals surface area contributed by atoms with Gasteiger partial charge in [0.05, 0.1) is 5.91 Å². The van der Waals surface area contributed by atoms with E-state index in [1.54, 1.807) is 24.1 Å². The molecule has 2 heterocycles. The summed E-state index contributed by atoms with van der Waals surface area (Å²) in [6.45, 7) is 0.815. The maximum absolute atomic E-state index is 12.2. The summed E-state index contributed by atoms with van der Waals surface area (Å²) in [5.41, 5.74) is 6.24. The summed E-state index contributed by atoms with van der Waals surface area (Å²) in [7, 11) is 1.75. The fraction of sp³-hybridized carbons (Fsp3) is 0.350. The third-order valence-corrected chi connectivity index (χ3v) is 5.08. The number of anilines is 3. The number of carbonyl (C=O) groups is 3. The Morgan fingerprint density at radius 2 is 1.89 bits per heavy atom. The number of nitrogens with zero attached hydrogens (tertiary/aromatic N) is 4. The number of carbonyl (C=O) groups excluding carboxylic acids is 3. The van der Waals surface area contributed by atoms with Crippen LogP contribution in [0.5, 0.6) is 0 Å². The number of aliphatic carboxylic acids is 2. The van der Waals surface area contributed by atoms with Crippen LogP contribution in [-0.2, 0) is 9.59 Å². The van der Waals surface area contributed by atoms with Gasteiger partial charge in [-0.1, -0.05) is 36.7 Å². The molecule has 0 spiro atoms. The molecule has 0 bridgehead atoms. The molecular weight excluding hydrogens is 514 g/mol. The topological polar surface area (TPSA) is 213 Å². The molecule has 1 aliphatic rings. The van der Waals surface area contributed by atoms with Crippen LogP contribution in [-0.4, -0.2) is 136 Å². The first-order valence-corrected chi connectivity index (χ1v) is 9.95. The number of benzene rings is 1. The van der Waals surface area contributed by atoms with E-state index in [1.165, 1.54) is 12.1 Å². The van der Waals surface area contributed by atoms with Gasteiger partial charge >= 0.3 is 75.5 Å². The minimum Gasteiger partial charge on any atom is -0.683 e. The summed E-state index contributed by atoms with van der Waals surface area (Å²) in [6, 6.07) is 4.28.